The molecule has 0 aliphatic carbocycles. The van der Waals surface area contributed by atoms with Gasteiger partial charge in [-0.05, 0) is 50.4 Å². The predicted molar refractivity (Wildman–Crippen MR) is 138 cm³/mol. The molecule has 1 aliphatic rings. The molecule has 4 N–H and O–H groups in total. The number of fused-ring (bicyclic) bond motifs is 1. The fourth-order valence-electron chi connectivity index (χ4n) is 4.18. The summed E-state index contributed by atoms with van der Waals surface area (Å²) in [5, 5.41) is 7.12. The zero-order chi connectivity index (χ0) is 23.9. The molecule has 7 nitrogen and oxygen atoms in total. The van der Waals surface area contributed by atoms with Gasteiger partial charge in [0.1, 0.15) is 0 Å². The van der Waals surface area contributed by atoms with E-state index < -0.39 is 0 Å². The van der Waals surface area contributed by atoms with Crippen LogP contribution in [0.3, 0.4) is 0 Å². The van der Waals surface area contributed by atoms with E-state index in [1.807, 2.05) is 53.8 Å². The third kappa shape index (κ3) is 5.66. The lowest BCUT2D eigenvalue weighted by Gasteiger charge is -2.20. The minimum atomic E-state index is -0.121. The summed E-state index contributed by atoms with van der Waals surface area (Å²) in [5.41, 5.74) is 10.1. The van der Waals surface area contributed by atoms with Gasteiger partial charge in [-0.2, -0.15) is 0 Å². The summed E-state index contributed by atoms with van der Waals surface area (Å²) in [6.07, 6.45) is 13.4. The van der Waals surface area contributed by atoms with Crippen LogP contribution >= 0.6 is 11.6 Å². The molecule has 4 rings (SSSR count). The average Bonchev–Trinajstić information content (AvgIpc) is 3.31. The predicted octanol–water partition coefficient (Wildman–Crippen LogP) is 4.65. The number of rotatable bonds is 8. The van der Waals surface area contributed by atoms with Crippen molar-refractivity contribution in [3.63, 3.8) is 0 Å². The standard InChI is InChI=1S/C26H31ClN6O/c1-2-7-21(27)11-3-4-13-30-26(34)19-9-5-8-18(14-19)23-16-31-24(28)25-32-22(17-33(23)25)20-10-6-12-29-15-20/h3,5,7-9,11,14,16-17,20,29H,2,4,6,10,12-13,15H2,1H3,(H2,28,31)(H,30,34)/b11-3-,21-7+. The number of aromatic nitrogens is 3. The van der Waals surface area contributed by atoms with Gasteiger partial charge in [-0.15, -0.1) is 0 Å². The minimum Gasteiger partial charge on any atom is -0.381 e. The fraction of sp³-hybridized carbons (Fsp3) is 0.346. The second-order valence-electron chi connectivity index (χ2n) is 8.46. The molecule has 0 spiro atoms. The first-order chi connectivity index (χ1) is 16.6. The molecule has 1 saturated heterocycles. The Morgan fingerprint density at radius 1 is 1.41 bits per heavy atom. The number of nitrogens with zero attached hydrogens (tertiary/aromatic N) is 3. The highest BCUT2D eigenvalue weighted by atomic mass is 35.5. The number of hydrogen-bond acceptors (Lipinski definition) is 5. The zero-order valence-corrected chi connectivity index (χ0v) is 20.2. The monoisotopic (exact) mass is 478 g/mol. The number of hydrogen-bond donors (Lipinski definition) is 3. The van der Waals surface area contributed by atoms with E-state index in [1.54, 1.807) is 6.20 Å². The average molecular weight is 479 g/mol. The van der Waals surface area contributed by atoms with Gasteiger partial charge in [0, 0.05) is 41.4 Å². The summed E-state index contributed by atoms with van der Waals surface area (Å²) < 4.78 is 1.99. The Labute approximate surface area is 205 Å². The van der Waals surface area contributed by atoms with Crippen LogP contribution in [0, 0.1) is 0 Å². The Morgan fingerprint density at radius 3 is 3.09 bits per heavy atom. The van der Waals surface area contributed by atoms with Crippen LogP contribution in [0.25, 0.3) is 16.9 Å². The Balaban J connectivity index is 1.51. The first kappa shape index (κ1) is 24.0. The second-order valence-corrected chi connectivity index (χ2v) is 8.89. The molecule has 1 fully saturated rings. The number of amides is 1. The molecule has 34 heavy (non-hydrogen) atoms. The molecule has 1 aliphatic heterocycles. The molecule has 178 valence electrons. The Kier molecular flexibility index (Phi) is 7.98. The van der Waals surface area contributed by atoms with Gasteiger partial charge in [0.25, 0.3) is 5.91 Å². The maximum atomic E-state index is 12.7. The van der Waals surface area contributed by atoms with Gasteiger partial charge >= 0.3 is 0 Å². The fourth-order valence-corrected chi connectivity index (χ4v) is 4.42. The van der Waals surface area contributed by atoms with Crippen molar-refractivity contribution in [2.45, 2.75) is 38.5 Å². The number of anilines is 1. The van der Waals surface area contributed by atoms with E-state index in [0.29, 0.717) is 40.9 Å². The number of halogens is 1. The van der Waals surface area contributed by atoms with E-state index in [-0.39, 0.29) is 5.91 Å². The number of nitrogens with one attached hydrogen (secondary N) is 2. The normalized spacial score (nSPS) is 16.9. The molecular formula is C26H31ClN6O. The Morgan fingerprint density at radius 2 is 2.29 bits per heavy atom. The van der Waals surface area contributed by atoms with Crippen molar-refractivity contribution in [3.8, 4) is 11.3 Å². The lowest BCUT2D eigenvalue weighted by molar-refractivity contribution is 0.0954. The lowest BCUT2D eigenvalue weighted by atomic mass is 9.97. The number of carbonyl (C=O) groups excluding carboxylic acids is 1. The van der Waals surface area contributed by atoms with Crippen molar-refractivity contribution >= 4 is 29.0 Å². The van der Waals surface area contributed by atoms with E-state index in [9.17, 15) is 4.79 Å². The maximum absolute atomic E-state index is 12.7. The van der Waals surface area contributed by atoms with E-state index in [0.717, 1.165) is 49.3 Å². The van der Waals surface area contributed by atoms with E-state index in [4.69, 9.17) is 22.3 Å². The summed E-state index contributed by atoms with van der Waals surface area (Å²) in [7, 11) is 0. The molecule has 0 bridgehead atoms. The number of benzene rings is 1. The van der Waals surface area contributed by atoms with Gasteiger partial charge in [-0.25, -0.2) is 9.97 Å². The minimum absolute atomic E-state index is 0.121. The topological polar surface area (TPSA) is 97.3 Å². The largest absolute Gasteiger partial charge is 0.381 e. The number of imidazole rings is 1. The van der Waals surface area contributed by atoms with E-state index in [2.05, 4.69) is 21.8 Å². The smallest absolute Gasteiger partial charge is 0.251 e. The Bertz CT molecular complexity index is 1210. The Hall–Kier alpha value is -3.16. The van der Waals surface area contributed by atoms with Crippen LogP contribution in [0.1, 0.15) is 54.6 Å². The van der Waals surface area contributed by atoms with Crippen molar-refractivity contribution in [3.05, 3.63) is 71.2 Å². The van der Waals surface area contributed by atoms with Gasteiger partial charge in [-0.1, -0.05) is 42.8 Å². The highest BCUT2D eigenvalue weighted by molar-refractivity contribution is 6.31. The summed E-state index contributed by atoms with van der Waals surface area (Å²) in [4.78, 5) is 21.9. The molecule has 3 heterocycles. The van der Waals surface area contributed by atoms with Gasteiger partial charge < -0.3 is 16.4 Å². The highest BCUT2D eigenvalue weighted by Crippen LogP contribution is 2.28. The highest BCUT2D eigenvalue weighted by Gasteiger charge is 2.20. The molecule has 1 unspecified atom stereocenters. The van der Waals surface area contributed by atoms with Crippen LogP contribution in [0.15, 0.2) is 59.9 Å². The number of allylic oxidation sites excluding steroid dienone is 3. The molecule has 2 aromatic heterocycles. The molecular weight excluding hydrogens is 448 g/mol. The quantitative estimate of drug-likeness (QED) is 0.323. The van der Waals surface area contributed by atoms with Crippen LogP contribution in [0.5, 0.6) is 0 Å². The molecule has 0 radical (unpaired) electrons. The van der Waals surface area contributed by atoms with Crippen LogP contribution in [-0.2, 0) is 0 Å². The molecule has 0 saturated carbocycles. The van der Waals surface area contributed by atoms with Gasteiger partial charge in [0.2, 0.25) is 0 Å². The zero-order valence-electron chi connectivity index (χ0n) is 19.4. The number of nitrogens with two attached hydrogens (primary N) is 1. The molecule has 1 atom stereocenters. The van der Waals surface area contributed by atoms with Crippen molar-refractivity contribution in [2.75, 3.05) is 25.4 Å². The van der Waals surface area contributed by atoms with Crippen LogP contribution in [0.2, 0.25) is 0 Å². The molecule has 1 amide bonds. The summed E-state index contributed by atoms with van der Waals surface area (Å²) >= 11 is 6.06. The number of nitrogen functional groups attached to an aromatic ring is 1. The van der Waals surface area contributed by atoms with Crippen LogP contribution in [0.4, 0.5) is 5.82 Å². The summed E-state index contributed by atoms with van der Waals surface area (Å²) in [6, 6.07) is 7.53. The van der Waals surface area contributed by atoms with Crippen molar-refractivity contribution < 1.29 is 4.79 Å². The summed E-state index contributed by atoms with van der Waals surface area (Å²) in [6.45, 7) is 4.53. The SMILES string of the molecule is CC/C=C(Cl)\C=C/CCNC(=O)c1cccc(-c2cnc(N)c3nc(C4CCCNC4)cn23)c1. The first-order valence-electron chi connectivity index (χ1n) is 11.8. The van der Waals surface area contributed by atoms with E-state index in [1.165, 1.54) is 0 Å². The molecule has 8 heteroatoms. The third-order valence-electron chi connectivity index (χ3n) is 5.95. The van der Waals surface area contributed by atoms with E-state index >= 15 is 0 Å². The third-order valence-corrected chi connectivity index (χ3v) is 6.23. The van der Waals surface area contributed by atoms with Gasteiger partial charge in [0.05, 0.1) is 17.6 Å². The van der Waals surface area contributed by atoms with Gasteiger partial charge in [-0.3, -0.25) is 9.20 Å². The second kappa shape index (κ2) is 11.3. The maximum Gasteiger partial charge on any atom is 0.251 e. The number of piperidine rings is 1. The van der Waals surface area contributed by atoms with Crippen LogP contribution in [-0.4, -0.2) is 39.9 Å². The number of carbonyl (C=O) groups is 1. The molecule has 1 aromatic carbocycles. The lowest BCUT2D eigenvalue weighted by Crippen LogP contribution is -2.28. The van der Waals surface area contributed by atoms with Crippen LogP contribution < -0.4 is 16.4 Å². The van der Waals surface area contributed by atoms with Crippen molar-refractivity contribution in [2.24, 2.45) is 0 Å². The van der Waals surface area contributed by atoms with Crippen molar-refractivity contribution in [1.82, 2.24) is 25.0 Å². The first-order valence-corrected chi connectivity index (χ1v) is 12.2. The summed E-state index contributed by atoms with van der Waals surface area (Å²) in [5.74, 6) is 0.638. The molecule has 3 aromatic rings. The van der Waals surface area contributed by atoms with Gasteiger partial charge in [0.15, 0.2) is 11.5 Å². The van der Waals surface area contributed by atoms with Crippen molar-refractivity contribution in [1.29, 1.82) is 0 Å².